The fourth-order valence-corrected chi connectivity index (χ4v) is 1.17. The van der Waals surface area contributed by atoms with E-state index in [4.69, 9.17) is 9.52 Å². The molecule has 0 fully saturated rings. The number of carboxylic acids is 1. The zero-order valence-electron chi connectivity index (χ0n) is 9.02. The summed E-state index contributed by atoms with van der Waals surface area (Å²) in [4.78, 5) is 22.3. The van der Waals surface area contributed by atoms with Crippen LogP contribution in [0.1, 0.15) is 16.1 Å². The van der Waals surface area contributed by atoms with Crippen molar-refractivity contribution in [2.24, 2.45) is 0 Å². The van der Waals surface area contributed by atoms with Crippen LogP contribution in [0.4, 0.5) is 0 Å². The Morgan fingerprint density at radius 1 is 1.62 bits per heavy atom. The highest BCUT2D eigenvalue weighted by Gasteiger charge is 2.22. The highest BCUT2D eigenvalue weighted by Crippen LogP contribution is 2.08. The van der Waals surface area contributed by atoms with Gasteiger partial charge < -0.3 is 19.6 Å². The van der Waals surface area contributed by atoms with E-state index in [1.54, 1.807) is 13.0 Å². The van der Waals surface area contributed by atoms with Gasteiger partial charge in [-0.15, -0.1) is 0 Å². The molecule has 0 aliphatic rings. The van der Waals surface area contributed by atoms with E-state index in [0.717, 1.165) is 0 Å². The van der Waals surface area contributed by atoms with E-state index < -0.39 is 17.9 Å². The van der Waals surface area contributed by atoms with Gasteiger partial charge in [-0.3, -0.25) is 4.79 Å². The molecule has 1 aromatic heterocycles. The van der Waals surface area contributed by atoms with E-state index in [9.17, 15) is 9.59 Å². The molecule has 0 aromatic carbocycles. The summed E-state index contributed by atoms with van der Waals surface area (Å²) in [6.07, 6.45) is 1.37. The van der Waals surface area contributed by atoms with Gasteiger partial charge in [-0.2, -0.15) is 0 Å². The van der Waals surface area contributed by atoms with E-state index in [-0.39, 0.29) is 12.4 Å². The van der Waals surface area contributed by atoms with Gasteiger partial charge in [0.1, 0.15) is 0 Å². The van der Waals surface area contributed by atoms with E-state index in [0.29, 0.717) is 5.56 Å². The van der Waals surface area contributed by atoms with Crippen LogP contribution in [0.3, 0.4) is 0 Å². The Morgan fingerprint density at radius 3 is 2.75 bits per heavy atom. The molecular formula is C10H13NO5. The van der Waals surface area contributed by atoms with Crippen molar-refractivity contribution in [3.8, 4) is 0 Å². The summed E-state index contributed by atoms with van der Waals surface area (Å²) < 4.78 is 9.63. The Labute approximate surface area is 92.2 Å². The summed E-state index contributed by atoms with van der Waals surface area (Å²) in [5.41, 5.74) is 0.652. The third kappa shape index (κ3) is 2.83. The second-order valence-electron chi connectivity index (χ2n) is 3.25. The van der Waals surface area contributed by atoms with Crippen LogP contribution >= 0.6 is 0 Å². The van der Waals surface area contributed by atoms with Crippen molar-refractivity contribution in [3.63, 3.8) is 0 Å². The number of rotatable bonds is 5. The predicted molar refractivity (Wildman–Crippen MR) is 54.2 cm³/mol. The van der Waals surface area contributed by atoms with Gasteiger partial charge in [0.2, 0.25) is 0 Å². The third-order valence-corrected chi connectivity index (χ3v) is 2.01. The first-order valence-corrected chi connectivity index (χ1v) is 4.63. The maximum Gasteiger partial charge on any atom is 0.328 e. The maximum absolute atomic E-state index is 11.6. The molecule has 1 heterocycles. The number of aliphatic carboxylic acids is 1. The van der Waals surface area contributed by atoms with Gasteiger partial charge in [-0.05, 0) is 13.0 Å². The zero-order chi connectivity index (χ0) is 12.1. The number of ether oxygens (including phenoxy) is 1. The molecule has 0 spiro atoms. The first-order valence-electron chi connectivity index (χ1n) is 4.63. The minimum atomic E-state index is -1.15. The van der Waals surface area contributed by atoms with Gasteiger partial charge in [0.05, 0.1) is 12.9 Å². The van der Waals surface area contributed by atoms with Crippen LogP contribution < -0.4 is 5.32 Å². The number of hydrogen-bond acceptors (Lipinski definition) is 4. The maximum atomic E-state index is 11.6. The standard InChI is InChI=1S/C10H13NO5/c1-6-3-4-16-8(6)9(12)11-7(5-15-2)10(13)14/h3-4,7H,5H2,1-2H3,(H,11,12)(H,13,14). The molecule has 1 rings (SSSR count). The van der Waals surface area contributed by atoms with Gasteiger partial charge in [0.15, 0.2) is 11.8 Å². The number of hydrogen-bond donors (Lipinski definition) is 2. The Hall–Kier alpha value is -1.82. The highest BCUT2D eigenvalue weighted by atomic mass is 16.5. The number of nitrogens with one attached hydrogen (secondary N) is 1. The second-order valence-corrected chi connectivity index (χ2v) is 3.25. The molecule has 1 aromatic rings. The minimum Gasteiger partial charge on any atom is -0.480 e. The molecule has 2 N–H and O–H groups in total. The summed E-state index contributed by atoms with van der Waals surface area (Å²) >= 11 is 0. The fraction of sp³-hybridized carbons (Fsp3) is 0.400. The molecule has 0 saturated carbocycles. The van der Waals surface area contributed by atoms with Crippen LogP contribution in [0.25, 0.3) is 0 Å². The second kappa shape index (κ2) is 5.32. The topological polar surface area (TPSA) is 88.8 Å². The SMILES string of the molecule is COCC(NC(=O)c1occc1C)C(=O)O. The summed E-state index contributed by atoms with van der Waals surface area (Å²) in [5, 5.41) is 11.1. The Balaban J connectivity index is 2.69. The van der Waals surface area contributed by atoms with Crippen LogP contribution in [0.5, 0.6) is 0 Å². The number of methoxy groups -OCH3 is 1. The number of carbonyl (C=O) groups excluding carboxylic acids is 1. The quantitative estimate of drug-likeness (QED) is 0.760. The Bertz CT molecular complexity index is 384. The van der Waals surface area contributed by atoms with Gasteiger partial charge >= 0.3 is 5.97 Å². The average molecular weight is 227 g/mol. The molecule has 0 aliphatic heterocycles. The summed E-state index contributed by atoms with van der Waals surface area (Å²) in [6, 6.07) is 0.545. The lowest BCUT2D eigenvalue weighted by molar-refractivity contribution is -0.140. The smallest absolute Gasteiger partial charge is 0.328 e. The molecule has 1 unspecified atom stereocenters. The summed E-state index contributed by atoms with van der Waals surface area (Å²) in [6.45, 7) is 1.60. The normalized spacial score (nSPS) is 12.1. The number of aryl methyl sites for hydroxylation is 1. The monoisotopic (exact) mass is 227 g/mol. The molecule has 6 nitrogen and oxygen atoms in total. The molecule has 88 valence electrons. The van der Waals surface area contributed by atoms with Crippen molar-refractivity contribution in [1.82, 2.24) is 5.32 Å². The van der Waals surface area contributed by atoms with Crippen molar-refractivity contribution in [3.05, 3.63) is 23.7 Å². The van der Waals surface area contributed by atoms with Crippen molar-refractivity contribution in [2.45, 2.75) is 13.0 Å². The first kappa shape index (κ1) is 12.3. The van der Waals surface area contributed by atoms with Gasteiger partial charge in [0, 0.05) is 12.7 Å². The van der Waals surface area contributed by atoms with Crippen molar-refractivity contribution < 1.29 is 23.8 Å². The number of furan rings is 1. The molecular weight excluding hydrogens is 214 g/mol. The van der Waals surface area contributed by atoms with Crippen LogP contribution in [0.15, 0.2) is 16.7 Å². The summed E-state index contributed by atoms with van der Waals surface area (Å²) in [7, 11) is 1.36. The van der Waals surface area contributed by atoms with Crippen LogP contribution in [-0.2, 0) is 9.53 Å². The number of carboxylic acid groups (broad SMARTS) is 1. The van der Waals surface area contributed by atoms with E-state index in [1.165, 1.54) is 13.4 Å². The molecule has 0 aliphatic carbocycles. The van der Waals surface area contributed by atoms with Crippen molar-refractivity contribution >= 4 is 11.9 Å². The van der Waals surface area contributed by atoms with Gasteiger partial charge in [-0.1, -0.05) is 0 Å². The van der Waals surface area contributed by atoms with Crippen LogP contribution in [0.2, 0.25) is 0 Å². The zero-order valence-corrected chi connectivity index (χ0v) is 9.02. The largest absolute Gasteiger partial charge is 0.480 e. The molecule has 0 saturated heterocycles. The molecule has 16 heavy (non-hydrogen) atoms. The van der Waals surface area contributed by atoms with Crippen molar-refractivity contribution in [1.29, 1.82) is 0 Å². The molecule has 0 radical (unpaired) electrons. The lowest BCUT2D eigenvalue weighted by Crippen LogP contribution is -2.43. The van der Waals surface area contributed by atoms with E-state index in [1.807, 2.05) is 0 Å². The van der Waals surface area contributed by atoms with Crippen LogP contribution in [0, 0.1) is 6.92 Å². The van der Waals surface area contributed by atoms with Gasteiger partial charge in [0.25, 0.3) is 5.91 Å². The minimum absolute atomic E-state index is 0.0964. The number of carbonyl (C=O) groups is 2. The fourth-order valence-electron chi connectivity index (χ4n) is 1.17. The van der Waals surface area contributed by atoms with Crippen LogP contribution in [-0.4, -0.2) is 36.7 Å². The molecule has 1 atom stereocenters. The van der Waals surface area contributed by atoms with Crippen molar-refractivity contribution in [2.75, 3.05) is 13.7 Å². The Kier molecular flexibility index (Phi) is 4.07. The predicted octanol–water partition coefficient (Wildman–Crippen LogP) is 0.417. The molecule has 6 heteroatoms. The third-order valence-electron chi connectivity index (χ3n) is 2.01. The van der Waals surface area contributed by atoms with Gasteiger partial charge in [-0.25, -0.2) is 4.79 Å². The highest BCUT2D eigenvalue weighted by molar-refractivity contribution is 5.95. The lowest BCUT2D eigenvalue weighted by atomic mass is 10.2. The molecule has 0 bridgehead atoms. The van der Waals surface area contributed by atoms with E-state index in [2.05, 4.69) is 10.1 Å². The first-order chi connectivity index (χ1) is 7.56. The Morgan fingerprint density at radius 2 is 2.31 bits per heavy atom. The molecule has 1 amide bonds. The van der Waals surface area contributed by atoms with E-state index >= 15 is 0 Å². The summed E-state index contributed by atoms with van der Waals surface area (Å²) in [5.74, 6) is -1.60. The number of amides is 1. The average Bonchev–Trinajstić information content (AvgIpc) is 2.63. The lowest BCUT2D eigenvalue weighted by Gasteiger charge is -2.12.